The summed E-state index contributed by atoms with van der Waals surface area (Å²) in [6.45, 7) is 6.86. The second-order valence-corrected chi connectivity index (χ2v) is 7.30. The first kappa shape index (κ1) is 19.9. The Morgan fingerprint density at radius 3 is 2.56 bits per heavy atom. The molecule has 0 aromatic rings. The summed E-state index contributed by atoms with van der Waals surface area (Å²) in [5.74, 6) is 1.57. The number of hydrogen-bond donors (Lipinski definition) is 0. The largest absolute Gasteiger partial charge is 0.341 e. The highest BCUT2D eigenvalue weighted by atomic mass is 16.2. The van der Waals surface area contributed by atoms with E-state index in [0.717, 1.165) is 44.4 Å². The molecule has 0 radical (unpaired) electrons. The minimum Gasteiger partial charge on any atom is -0.341 e. The Bertz CT molecular complexity index is 470. The average molecular weight is 350 g/mol. The molecule has 2 rings (SSSR count). The first-order valence-corrected chi connectivity index (χ1v) is 10.3. The summed E-state index contributed by atoms with van der Waals surface area (Å²) in [6, 6.07) is 0. The Balaban J connectivity index is 2.05. The zero-order valence-electron chi connectivity index (χ0n) is 16.1. The van der Waals surface area contributed by atoms with Crippen LogP contribution in [0.2, 0.25) is 0 Å². The lowest BCUT2D eigenvalue weighted by Gasteiger charge is -2.31. The molecule has 5 heteroatoms. The van der Waals surface area contributed by atoms with Gasteiger partial charge in [0.05, 0.1) is 6.54 Å². The Labute approximate surface area is 152 Å². The van der Waals surface area contributed by atoms with Gasteiger partial charge >= 0.3 is 0 Å². The lowest BCUT2D eigenvalue weighted by atomic mass is 9.88. The smallest absolute Gasteiger partial charge is 0.227 e. The quantitative estimate of drug-likeness (QED) is 0.761. The summed E-state index contributed by atoms with van der Waals surface area (Å²) >= 11 is 0. The van der Waals surface area contributed by atoms with Crippen LogP contribution in [-0.4, -0.2) is 53.6 Å². The molecule has 1 aliphatic carbocycles. The van der Waals surface area contributed by atoms with Crippen LogP contribution < -0.4 is 0 Å². The van der Waals surface area contributed by atoms with Crippen molar-refractivity contribution in [3.63, 3.8) is 0 Å². The molecule has 0 atom stereocenters. The van der Waals surface area contributed by atoms with Gasteiger partial charge in [-0.25, -0.2) is 0 Å². The third kappa shape index (κ3) is 5.82. The van der Waals surface area contributed by atoms with Gasteiger partial charge in [-0.2, -0.15) is 0 Å². The lowest BCUT2D eigenvalue weighted by molar-refractivity contribution is -0.137. The number of rotatable bonds is 5. The van der Waals surface area contributed by atoms with E-state index >= 15 is 0 Å². The monoisotopic (exact) mass is 349 g/mol. The Kier molecular flexibility index (Phi) is 8.42. The fourth-order valence-corrected chi connectivity index (χ4v) is 3.93. The molecule has 2 amide bonds. The second-order valence-electron chi connectivity index (χ2n) is 7.30. The molecule has 0 aromatic heterocycles. The van der Waals surface area contributed by atoms with E-state index < -0.39 is 0 Å². The van der Waals surface area contributed by atoms with Crippen molar-refractivity contribution in [2.45, 2.75) is 78.1 Å². The average Bonchev–Trinajstić information content (AvgIpc) is 2.64. The third-order valence-electron chi connectivity index (χ3n) is 5.43. The number of unbranched alkanes of at least 4 members (excludes halogenated alkanes) is 1. The van der Waals surface area contributed by atoms with E-state index in [2.05, 4.69) is 6.92 Å². The number of hydrogen-bond acceptors (Lipinski definition) is 3. The predicted octanol–water partition coefficient (Wildman–Crippen LogP) is 3.63. The normalized spacial score (nSPS) is 21.2. The molecule has 1 heterocycles. The molecule has 0 spiro atoms. The maximum atomic E-state index is 12.9. The van der Waals surface area contributed by atoms with E-state index in [0.29, 0.717) is 38.5 Å². The van der Waals surface area contributed by atoms with Crippen molar-refractivity contribution in [3.05, 3.63) is 0 Å². The van der Waals surface area contributed by atoms with E-state index in [-0.39, 0.29) is 11.8 Å². The van der Waals surface area contributed by atoms with Crippen molar-refractivity contribution >= 4 is 17.6 Å². The summed E-state index contributed by atoms with van der Waals surface area (Å²) in [5, 5.41) is 0. The topological polar surface area (TPSA) is 53.0 Å². The number of amides is 2. The van der Waals surface area contributed by atoms with Gasteiger partial charge in [0, 0.05) is 38.4 Å². The number of amidine groups is 1. The van der Waals surface area contributed by atoms with Gasteiger partial charge in [-0.05, 0) is 32.6 Å². The summed E-state index contributed by atoms with van der Waals surface area (Å²) in [6.07, 6.45) is 9.93. The van der Waals surface area contributed by atoms with E-state index in [1.807, 2.05) is 16.7 Å². The van der Waals surface area contributed by atoms with Crippen molar-refractivity contribution in [1.29, 1.82) is 0 Å². The minimum absolute atomic E-state index is 0.157. The number of aliphatic imine (C=N–C) groups is 1. The first-order valence-electron chi connectivity index (χ1n) is 10.3. The van der Waals surface area contributed by atoms with Crippen molar-refractivity contribution in [3.8, 4) is 0 Å². The van der Waals surface area contributed by atoms with Gasteiger partial charge in [-0.3, -0.25) is 14.6 Å². The van der Waals surface area contributed by atoms with Gasteiger partial charge < -0.3 is 9.80 Å². The lowest BCUT2D eigenvalue weighted by Crippen LogP contribution is -2.42. The van der Waals surface area contributed by atoms with Gasteiger partial charge in [-0.15, -0.1) is 0 Å². The van der Waals surface area contributed by atoms with E-state index in [1.165, 1.54) is 19.3 Å². The first-order chi connectivity index (χ1) is 12.2. The zero-order valence-corrected chi connectivity index (χ0v) is 16.1. The maximum absolute atomic E-state index is 12.9. The maximum Gasteiger partial charge on any atom is 0.227 e. The van der Waals surface area contributed by atoms with Crippen LogP contribution >= 0.6 is 0 Å². The fraction of sp³-hybridized carbons (Fsp3) is 0.850. The Morgan fingerprint density at radius 2 is 1.88 bits per heavy atom. The van der Waals surface area contributed by atoms with E-state index in [1.54, 1.807) is 0 Å². The van der Waals surface area contributed by atoms with Crippen LogP contribution in [0.25, 0.3) is 0 Å². The van der Waals surface area contributed by atoms with Crippen LogP contribution in [0.5, 0.6) is 0 Å². The summed E-state index contributed by atoms with van der Waals surface area (Å²) in [4.78, 5) is 34.0. The molecule has 1 aliphatic heterocycles. The Morgan fingerprint density at radius 1 is 1.12 bits per heavy atom. The second kappa shape index (κ2) is 10.6. The molecule has 25 heavy (non-hydrogen) atoms. The number of carbonyl (C=O) groups is 2. The van der Waals surface area contributed by atoms with Crippen LogP contribution in [0.15, 0.2) is 4.99 Å². The van der Waals surface area contributed by atoms with Crippen LogP contribution in [0, 0.1) is 5.92 Å². The highest BCUT2D eigenvalue weighted by molar-refractivity contribution is 5.98. The van der Waals surface area contributed by atoms with Crippen molar-refractivity contribution in [2.24, 2.45) is 10.9 Å². The van der Waals surface area contributed by atoms with Crippen LogP contribution in [0.1, 0.15) is 78.1 Å². The molecule has 0 unspecified atom stereocenters. The van der Waals surface area contributed by atoms with Crippen LogP contribution in [-0.2, 0) is 9.59 Å². The molecule has 0 bridgehead atoms. The summed E-state index contributed by atoms with van der Waals surface area (Å²) in [7, 11) is 0. The number of carbonyl (C=O) groups excluding carboxylic acids is 2. The minimum atomic E-state index is 0.157. The molecule has 2 aliphatic rings. The van der Waals surface area contributed by atoms with E-state index in [4.69, 9.17) is 4.99 Å². The van der Waals surface area contributed by atoms with Crippen molar-refractivity contribution in [2.75, 3.05) is 26.2 Å². The molecule has 1 fully saturated rings. The molecule has 5 nitrogen and oxygen atoms in total. The molecule has 0 N–H and O–H groups in total. The number of nitrogens with zero attached hydrogens (tertiary/aromatic N) is 3. The van der Waals surface area contributed by atoms with Crippen LogP contribution in [0.4, 0.5) is 0 Å². The van der Waals surface area contributed by atoms with Gasteiger partial charge in [-0.1, -0.05) is 32.6 Å². The highest BCUT2D eigenvalue weighted by Gasteiger charge is 2.27. The third-order valence-corrected chi connectivity index (χ3v) is 5.43. The molecule has 1 saturated carbocycles. The van der Waals surface area contributed by atoms with Gasteiger partial charge in [0.15, 0.2) is 0 Å². The fourth-order valence-electron chi connectivity index (χ4n) is 3.93. The molecule has 142 valence electrons. The molecular formula is C20H35N3O2. The van der Waals surface area contributed by atoms with Gasteiger partial charge in [0.2, 0.25) is 11.8 Å². The summed E-state index contributed by atoms with van der Waals surface area (Å²) in [5.41, 5.74) is 0. The van der Waals surface area contributed by atoms with Crippen molar-refractivity contribution in [1.82, 2.24) is 9.80 Å². The van der Waals surface area contributed by atoms with Crippen LogP contribution in [0.3, 0.4) is 0 Å². The molecule has 0 saturated heterocycles. The van der Waals surface area contributed by atoms with Gasteiger partial charge in [0.1, 0.15) is 5.84 Å². The van der Waals surface area contributed by atoms with E-state index in [9.17, 15) is 9.59 Å². The van der Waals surface area contributed by atoms with Gasteiger partial charge in [0.25, 0.3) is 0 Å². The Hall–Kier alpha value is -1.39. The highest BCUT2D eigenvalue weighted by Crippen LogP contribution is 2.25. The molecule has 0 aromatic carbocycles. The summed E-state index contributed by atoms with van der Waals surface area (Å²) < 4.78 is 0. The standard InChI is InChI=1S/C20H35N3O2/c1-3-5-12-18-21-14-16-22(15-9-13-19(24)23(18)4-2)20(25)17-10-7-6-8-11-17/h17H,3-16H2,1-2H3. The zero-order chi connectivity index (χ0) is 18.1. The SMILES string of the molecule is CCCCC1=NCCN(C(=O)C2CCCCC2)CCCC(=O)N1CC. The van der Waals surface area contributed by atoms with Crippen molar-refractivity contribution < 1.29 is 9.59 Å². The predicted molar refractivity (Wildman–Crippen MR) is 102 cm³/mol. The molecular weight excluding hydrogens is 314 g/mol.